The topological polar surface area (TPSA) is 0 Å². The van der Waals surface area contributed by atoms with Crippen LogP contribution in [0.25, 0.3) is 0 Å². The lowest BCUT2D eigenvalue weighted by Gasteiger charge is -2.10. The molecule has 1 aromatic rings. The first kappa shape index (κ1) is 12.6. The summed E-state index contributed by atoms with van der Waals surface area (Å²) in [5, 5.41) is 0.722. The summed E-state index contributed by atoms with van der Waals surface area (Å²) >= 11 is 2.00. The Morgan fingerprint density at radius 3 is 2.13 bits per heavy atom. The van der Waals surface area contributed by atoms with Gasteiger partial charge in [0.05, 0.1) is 0 Å². The highest BCUT2D eigenvalue weighted by molar-refractivity contribution is 7.99. The molecule has 0 nitrogen and oxygen atoms in total. The van der Waals surface area contributed by atoms with Crippen LogP contribution in [0.4, 0.5) is 0 Å². The summed E-state index contributed by atoms with van der Waals surface area (Å²) in [6, 6.07) is 9.11. The number of hydrogen-bond acceptors (Lipinski definition) is 1. The van der Waals surface area contributed by atoms with Crippen LogP contribution in [0.3, 0.4) is 0 Å². The van der Waals surface area contributed by atoms with Gasteiger partial charge in [0.25, 0.3) is 0 Å². The van der Waals surface area contributed by atoms with E-state index in [4.69, 9.17) is 0 Å². The van der Waals surface area contributed by atoms with Crippen molar-refractivity contribution < 1.29 is 0 Å². The molecular weight excluding hydrogens is 200 g/mol. The second kappa shape index (κ2) is 6.22. The molecule has 1 rings (SSSR count). The van der Waals surface area contributed by atoms with Crippen molar-refractivity contribution in [1.29, 1.82) is 0 Å². The highest BCUT2D eigenvalue weighted by Crippen LogP contribution is 2.21. The van der Waals surface area contributed by atoms with Gasteiger partial charge in [-0.15, -0.1) is 0 Å². The van der Waals surface area contributed by atoms with Gasteiger partial charge in [-0.05, 0) is 28.7 Å². The molecule has 0 heterocycles. The van der Waals surface area contributed by atoms with Crippen LogP contribution in [-0.4, -0.2) is 5.25 Å². The molecule has 0 fully saturated rings. The first-order valence-corrected chi connectivity index (χ1v) is 6.88. The van der Waals surface area contributed by atoms with Crippen LogP contribution in [0, 0.1) is 0 Å². The predicted octanol–water partition coefficient (Wildman–Crippen LogP) is 4.84. The number of thioether (sulfide) groups is 1. The normalized spacial score (nSPS) is 13.1. The van der Waals surface area contributed by atoms with Gasteiger partial charge >= 0.3 is 0 Å². The van der Waals surface area contributed by atoms with Crippen LogP contribution in [0.2, 0.25) is 0 Å². The number of hydrogen-bond donors (Lipinski definition) is 0. The fourth-order valence-corrected chi connectivity index (χ4v) is 2.16. The minimum atomic E-state index is 0.691. The van der Waals surface area contributed by atoms with E-state index < -0.39 is 0 Å². The molecule has 0 spiro atoms. The molecule has 0 saturated heterocycles. The standard InChI is InChI=1S/C14H22S/c1-5-12(4)14-8-6-13(7-9-14)10-15-11(2)3/h6-9,11-12H,5,10H2,1-4H3. The number of rotatable bonds is 5. The molecule has 0 saturated carbocycles. The van der Waals surface area contributed by atoms with Crippen molar-refractivity contribution in [1.82, 2.24) is 0 Å². The van der Waals surface area contributed by atoms with Crippen LogP contribution >= 0.6 is 11.8 Å². The molecule has 0 amide bonds. The Labute approximate surface area is 98.5 Å². The highest BCUT2D eigenvalue weighted by Gasteiger charge is 2.02. The van der Waals surface area contributed by atoms with Gasteiger partial charge < -0.3 is 0 Å². The van der Waals surface area contributed by atoms with Crippen LogP contribution in [0.15, 0.2) is 24.3 Å². The molecule has 15 heavy (non-hydrogen) atoms. The summed E-state index contributed by atoms with van der Waals surface area (Å²) in [4.78, 5) is 0. The predicted molar refractivity (Wildman–Crippen MR) is 71.6 cm³/mol. The van der Waals surface area contributed by atoms with Gasteiger partial charge in [0.15, 0.2) is 0 Å². The first-order valence-electron chi connectivity index (χ1n) is 5.84. The van der Waals surface area contributed by atoms with E-state index in [1.54, 1.807) is 0 Å². The Hall–Kier alpha value is -0.430. The second-order valence-electron chi connectivity index (χ2n) is 4.41. The summed E-state index contributed by atoms with van der Waals surface area (Å²) in [6.45, 7) is 9.03. The van der Waals surface area contributed by atoms with Gasteiger partial charge in [-0.1, -0.05) is 52.0 Å². The van der Waals surface area contributed by atoms with E-state index in [0.29, 0.717) is 5.92 Å². The van der Waals surface area contributed by atoms with Crippen molar-refractivity contribution in [2.75, 3.05) is 0 Å². The quantitative estimate of drug-likeness (QED) is 0.687. The maximum atomic E-state index is 2.29. The van der Waals surface area contributed by atoms with E-state index in [1.165, 1.54) is 17.5 Å². The minimum Gasteiger partial charge on any atom is -0.154 e. The summed E-state index contributed by atoms with van der Waals surface area (Å²) in [6.07, 6.45) is 1.22. The highest BCUT2D eigenvalue weighted by atomic mass is 32.2. The molecular formula is C14H22S. The maximum Gasteiger partial charge on any atom is 0.0187 e. The van der Waals surface area contributed by atoms with Gasteiger partial charge in [0.2, 0.25) is 0 Å². The summed E-state index contributed by atoms with van der Waals surface area (Å²) in [5.41, 5.74) is 2.91. The van der Waals surface area contributed by atoms with Crippen molar-refractivity contribution >= 4 is 11.8 Å². The molecule has 1 unspecified atom stereocenters. The van der Waals surface area contributed by atoms with E-state index >= 15 is 0 Å². The van der Waals surface area contributed by atoms with Crippen LogP contribution in [0.1, 0.15) is 51.2 Å². The van der Waals surface area contributed by atoms with Crippen LogP contribution < -0.4 is 0 Å². The second-order valence-corrected chi connectivity index (χ2v) is 5.98. The Kier molecular flexibility index (Phi) is 5.24. The summed E-state index contributed by atoms with van der Waals surface area (Å²) < 4.78 is 0. The Balaban J connectivity index is 2.56. The minimum absolute atomic E-state index is 0.691. The maximum absolute atomic E-state index is 2.29. The van der Waals surface area contributed by atoms with Gasteiger partial charge in [0.1, 0.15) is 0 Å². The van der Waals surface area contributed by atoms with Crippen molar-refractivity contribution in [3.63, 3.8) is 0 Å². The first-order chi connectivity index (χ1) is 7.13. The van der Waals surface area contributed by atoms with Crippen molar-refractivity contribution in [3.8, 4) is 0 Å². The van der Waals surface area contributed by atoms with Gasteiger partial charge in [-0.3, -0.25) is 0 Å². The zero-order valence-corrected chi connectivity index (χ0v) is 11.1. The molecule has 0 aliphatic rings. The van der Waals surface area contributed by atoms with Crippen molar-refractivity contribution in [3.05, 3.63) is 35.4 Å². The fourth-order valence-electron chi connectivity index (χ4n) is 1.44. The molecule has 0 aromatic heterocycles. The smallest absolute Gasteiger partial charge is 0.0187 e. The molecule has 0 bridgehead atoms. The van der Waals surface area contributed by atoms with Gasteiger partial charge in [-0.2, -0.15) is 11.8 Å². The van der Waals surface area contributed by atoms with E-state index in [0.717, 1.165) is 11.0 Å². The van der Waals surface area contributed by atoms with E-state index in [-0.39, 0.29) is 0 Å². The molecule has 1 heteroatoms. The Morgan fingerprint density at radius 1 is 1.07 bits per heavy atom. The molecule has 0 N–H and O–H groups in total. The van der Waals surface area contributed by atoms with Gasteiger partial charge in [0, 0.05) is 5.75 Å². The van der Waals surface area contributed by atoms with Crippen molar-refractivity contribution in [2.45, 2.75) is 51.0 Å². The van der Waals surface area contributed by atoms with Crippen LogP contribution in [-0.2, 0) is 5.75 Å². The Bertz CT molecular complexity index is 274. The lowest BCUT2D eigenvalue weighted by atomic mass is 9.98. The third kappa shape index (κ3) is 4.29. The van der Waals surface area contributed by atoms with Crippen molar-refractivity contribution in [2.24, 2.45) is 0 Å². The third-order valence-electron chi connectivity index (χ3n) is 2.74. The molecule has 1 atom stereocenters. The fraction of sp³-hybridized carbons (Fsp3) is 0.571. The van der Waals surface area contributed by atoms with E-state index in [2.05, 4.69) is 52.0 Å². The lowest BCUT2D eigenvalue weighted by molar-refractivity contribution is 0.733. The molecule has 0 aliphatic heterocycles. The van der Waals surface area contributed by atoms with Gasteiger partial charge in [-0.25, -0.2) is 0 Å². The molecule has 84 valence electrons. The zero-order valence-electron chi connectivity index (χ0n) is 10.3. The SMILES string of the molecule is CCC(C)c1ccc(CSC(C)C)cc1. The van der Waals surface area contributed by atoms with E-state index in [1.807, 2.05) is 11.8 Å². The largest absolute Gasteiger partial charge is 0.154 e. The van der Waals surface area contributed by atoms with E-state index in [9.17, 15) is 0 Å². The number of benzene rings is 1. The monoisotopic (exact) mass is 222 g/mol. The average molecular weight is 222 g/mol. The lowest BCUT2D eigenvalue weighted by Crippen LogP contribution is -1.92. The molecule has 1 aromatic carbocycles. The third-order valence-corrected chi connectivity index (χ3v) is 3.91. The summed E-state index contributed by atoms with van der Waals surface area (Å²) in [7, 11) is 0. The Morgan fingerprint density at radius 2 is 1.67 bits per heavy atom. The molecule has 0 aliphatic carbocycles. The average Bonchev–Trinajstić information content (AvgIpc) is 2.26. The van der Waals surface area contributed by atoms with Crippen LogP contribution in [0.5, 0.6) is 0 Å². The molecule has 0 radical (unpaired) electrons. The summed E-state index contributed by atoms with van der Waals surface area (Å²) in [5.74, 6) is 1.83. The zero-order chi connectivity index (χ0) is 11.3.